The van der Waals surface area contributed by atoms with Gasteiger partial charge in [0.1, 0.15) is 5.84 Å². The molecule has 3 N–H and O–H groups in total. The van der Waals surface area contributed by atoms with Crippen LogP contribution in [0.4, 0.5) is 5.69 Å². The van der Waals surface area contributed by atoms with Gasteiger partial charge in [0.2, 0.25) is 0 Å². The van der Waals surface area contributed by atoms with Gasteiger partial charge in [-0.1, -0.05) is 25.4 Å². The SMILES string of the molecule is CC(C)CN(CCN(C)C)c1cc(Cl)ccc1C(=N)N. The summed E-state index contributed by atoms with van der Waals surface area (Å²) < 4.78 is 0. The molecule has 0 spiro atoms. The second-order valence-electron chi connectivity index (χ2n) is 5.72. The van der Waals surface area contributed by atoms with E-state index in [0.29, 0.717) is 10.9 Å². The number of benzene rings is 1. The molecule has 112 valence electrons. The van der Waals surface area contributed by atoms with Gasteiger partial charge in [-0.3, -0.25) is 5.41 Å². The minimum absolute atomic E-state index is 0.0790. The van der Waals surface area contributed by atoms with E-state index in [2.05, 4.69) is 37.7 Å². The minimum atomic E-state index is 0.0790. The normalized spacial score (nSPS) is 11.2. The predicted octanol–water partition coefficient (Wildman–Crippen LogP) is 2.65. The van der Waals surface area contributed by atoms with Gasteiger partial charge in [-0.2, -0.15) is 0 Å². The molecule has 20 heavy (non-hydrogen) atoms. The summed E-state index contributed by atoms with van der Waals surface area (Å²) in [5.74, 6) is 0.603. The maximum absolute atomic E-state index is 7.74. The van der Waals surface area contributed by atoms with Crippen LogP contribution in [0.5, 0.6) is 0 Å². The molecule has 0 amide bonds. The van der Waals surface area contributed by atoms with Crippen molar-refractivity contribution in [3.8, 4) is 0 Å². The molecule has 0 unspecified atom stereocenters. The third-order valence-corrected chi connectivity index (χ3v) is 3.23. The Morgan fingerprint density at radius 3 is 2.45 bits per heavy atom. The van der Waals surface area contributed by atoms with Gasteiger partial charge in [-0.15, -0.1) is 0 Å². The Bertz CT molecular complexity index is 457. The van der Waals surface area contributed by atoms with Crippen LogP contribution in [0.25, 0.3) is 0 Å². The second kappa shape index (κ2) is 7.50. The molecule has 1 rings (SSSR count). The van der Waals surface area contributed by atoms with Crippen molar-refractivity contribution >= 4 is 23.1 Å². The van der Waals surface area contributed by atoms with Crippen molar-refractivity contribution < 1.29 is 0 Å². The first-order chi connectivity index (χ1) is 9.31. The highest BCUT2D eigenvalue weighted by molar-refractivity contribution is 6.31. The first kappa shape index (κ1) is 16.8. The lowest BCUT2D eigenvalue weighted by atomic mass is 10.1. The lowest BCUT2D eigenvalue weighted by Crippen LogP contribution is -2.35. The Morgan fingerprint density at radius 1 is 1.30 bits per heavy atom. The molecule has 0 aliphatic heterocycles. The summed E-state index contributed by atoms with van der Waals surface area (Å²) in [5, 5.41) is 8.41. The van der Waals surface area contributed by atoms with Crippen molar-refractivity contribution in [3.05, 3.63) is 28.8 Å². The highest BCUT2D eigenvalue weighted by Crippen LogP contribution is 2.25. The Kier molecular flexibility index (Phi) is 6.30. The van der Waals surface area contributed by atoms with Crippen molar-refractivity contribution in [2.75, 3.05) is 38.6 Å². The average Bonchev–Trinajstić information content (AvgIpc) is 2.33. The molecule has 0 aliphatic carbocycles. The number of rotatable bonds is 7. The number of nitrogens with one attached hydrogen (secondary N) is 1. The van der Waals surface area contributed by atoms with Crippen LogP contribution in [0, 0.1) is 11.3 Å². The van der Waals surface area contributed by atoms with Gasteiger partial charge in [0.05, 0.1) is 0 Å². The number of halogens is 1. The van der Waals surface area contributed by atoms with Gasteiger partial charge in [-0.25, -0.2) is 0 Å². The molecule has 0 saturated heterocycles. The number of amidine groups is 1. The van der Waals surface area contributed by atoms with E-state index in [4.69, 9.17) is 22.7 Å². The number of hydrogen-bond acceptors (Lipinski definition) is 3. The smallest absolute Gasteiger partial charge is 0.124 e. The van der Waals surface area contributed by atoms with Crippen molar-refractivity contribution in [2.24, 2.45) is 11.7 Å². The molecule has 0 heterocycles. The predicted molar refractivity (Wildman–Crippen MR) is 88.1 cm³/mol. The Labute approximate surface area is 127 Å². The Morgan fingerprint density at radius 2 is 1.95 bits per heavy atom. The van der Waals surface area contributed by atoms with Crippen molar-refractivity contribution in [1.29, 1.82) is 5.41 Å². The van der Waals surface area contributed by atoms with Crippen LogP contribution in [0.15, 0.2) is 18.2 Å². The van der Waals surface area contributed by atoms with Crippen LogP contribution >= 0.6 is 11.6 Å². The van der Waals surface area contributed by atoms with Crippen molar-refractivity contribution in [1.82, 2.24) is 4.90 Å². The van der Waals surface area contributed by atoms with Crippen LogP contribution in [0.1, 0.15) is 19.4 Å². The van der Waals surface area contributed by atoms with Gasteiger partial charge in [0, 0.05) is 35.9 Å². The second-order valence-corrected chi connectivity index (χ2v) is 6.15. The van der Waals surface area contributed by atoms with E-state index >= 15 is 0 Å². The van der Waals surface area contributed by atoms with Crippen molar-refractivity contribution in [3.63, 3.8) is 0 Å². The van der Waals surface area contributed by atoms with Gasteiger partial charge >= 0.3 is 0 Å². The quantitative estimate of drug-likeness (QED) is 0.601. The maximum atomic E-state index is 7.74. The number of likely N-dealkylation sites (N-methyl/N-ethyl adjacent to an activating group) is 1. The van der Waals surface area contributed by atoms with E-state index in [9.17, 15) is 0 Å². The maximum Gasteiger partial charge on any atom is 0.124 e. The molecule has 4 nitrogen and oxygen atoms in total. The van der Waals surface area contributed by atoms with E-state index in [1.54, 1.807) is 6.07 Å². The van der Waals surface area contributed by atoms with Crippen LogP contribution in [0.3, 0.4) is 0 Å². The standard InChI is InChI=1S/C15H25ClN4/c1-11(2)10-20(8-7-19(3)4)14-9-12(16)5-6-13(14)15(17)18/h5-6,9,11H,7-8,10H2,1-4H3,(H3,17,18). The summed E-state index contributed by atoms with van der Waals surface area (Å²) in [5.41, 5.74) is 7.38. The third-order valence-electron chi connectivity index (χ3n) is 2.99. The fraction of sp³-hybridized carbons (Fsp3) is 0.533. The molecule has 1 aromatic carbocycles. The average molecular weight is 297 g/mol. The highest BCUT2D eigenvalue weighted by atomic mass is 35.5. The molecule has 1 aromatic rings. The van der Waals surface area contributed by atoms with Gasteiger partial charge in [0.25, 0.3) is 0 Å². The number of nitrogen functional groups attached to an aromatic ring is 1. The van der Waals surface area contributed by atoms with Gasteiger partial charge < -0.3 is 15.5 Å². The summed E-state index contributed by atoms with van der Waals surface area (Å²) in [6.45, 7) is 7.10. The monoisotopic (exact) mass is 296 g/mol. The van der Waals surface area contributed by atoms with Crippen LogP contribution in [0.2, 0.25) is 5.02 Å². The molecular formula is C15H25ClN4. The number of anilines is 1. The molecule has 5 heteroatoms. The topological polar surface area (TPSA) is 56.4 Å². The zero-order chi connectivity index (χ0) is 15.3. The Hall–Kier alpha value is -1.26. The van der Waals surface area contributed by atoms with E-state index in [1.807, 2.05) is 12.1 Å². The molecule has 0 atom stereocenters. The highest BCUT2D eigenvalue weighted by Gasteiger charge is 2.15. The molecular weight excluding hydrogens is 272 g/mol. The molecule has 0 bridgehead atoms. The largest absolute Gasteiger partial charge is 0.384 e. The number of hydrogen-bond donors (Lipinski definition) is 2. The van der Waals surface area contributed by atoms with E-state index < -0.39 is 0 Å². The van der Waals surface area contributed by atoms with Crippen molar-refractivity contribution in [2.45, 2.75) is 13.8 Å². The first-order valence-corrected chi connectivity index (χ1v) is 7.22. The van der Waals surface area contributed by atoms with E-state index in [1.165, 1.54) is 0 Å². The summed E-state index contributed by atoms with van der Waals surface area (Å²) in [6, 6.07) is 5.50. The fourth-order valence-electron chi connectivity index (χ4n) is 2.07. The zero-order valence-corrected chi connectivity index (χ0v) is 13.5. The van der Waals surface area contributed by atoms with E-state index in [0.717, 1.165) is 30.9 Å². The zero-order valence-electron chi connectivity index (χ0n) is 12.8. The number of nitrogens with two attached hydrogens (primary N) is 1. The molecule has 0 aliphatic rings. The minimum Gasteiger partial charge on any atom is -0.384 e. The van der Waals surface area contributed by atoms with Crippen LogP contribution in [-0.2, 0) is 0 Å². The summed E-state index contributed by atoms with van der Waals surface area (Å²) in [7, 11) is 4.11. The van der Waals surface area contributed by atoms with Crippen LogP contribution < -0.4 is 10.6 Å². The fourth-order valence-corrected chi connectivity index (χ4v) is 2.23. The summed E-state index contributed by atoms with van der Waals surface area (Å²) >= 11 is 6.12. The molecule has 0 fully saturated rings. The van der Waals surface area contributed by atoms with Gasteiger partial charge in [-0.05, 0) is 38.2 Å². The molecule has 0 saturated carbocycles. The Balaban J connectivity index is 3.10. The lowest BCUT2D eigenvalue weighted by Gasteiger charge is -2.30. The van der Waals surface area contributed by atoms with Crippen LogP contribution in [-0.4, -0.2) is 44.5 Å². The first-order valence-electron chi connectivity index (χ1n) is 6.85. The summed E-state index contributed by atoms with van der Waals surface area (Å²) in [4.78, 5) is 4.40. The number of nitrogens with zero attached hydrogens (tertiary/aromatic N) is 2. The van der Waals surface area contributed by atoms with E-state index in [-0.39, 0.29) is 5.84 Å². The third kappa shape index (κ3) is 5.02. The van der Waals surface area contributed by atoms with Gasteiger partial charge in [0.15, 0.2) is 0 Å². The molecule has 0 radical (unpaired) electrons. The molecule has 0 aromatic heterocycles. The summed E-state index contributed by atoms with van der Waals surface area (Å²) in [6.07, 6.45) is 0. The lowest BCUT2D eigenvalue weighted by molar-refractivity contribution is 0.409.